The van der Waals surface area contributed by atoms with Crippen LogP contribution in [0.3, 0.4) is 0 Å². The quantitative estimate of drug-likeness (QED) is 0.684. The predicted molar refractivity (Wildman–Crippen MR) is 69.5 cm³/mol. The molecule has 0 spiro atoms. The number of hydrogen-bond acceptors (Lipinski definition) is 2. The van der Waals surface area contributed by atoms with Crippen LogP contribution in [0, 0.1) is 11.8 Å². The summed E-state index contributed by atoms with van der Waals surface area (Å²) in [5.74, 6) is 1.37. The number of nitrogens with one attached hydrogen (secondary N) is 1. The molecule has 0 aromatic heterocycles. The van der Waals surface area contributed by atoms with Gasteiger partial charge in [-0.15, -0.1) is 0 Å². The van der Waals surface area contributed by atoms with Crippen LogP contribution in [-0.4, -0.2) is 23.8 Å². The molecule has 0 amide bonds. The molecule has 1 aliphatic rings. The van der Waals surface area contributed by atoms with Gasteiger partial charge in [0.05, 0.1) is 5.60 Å². The van der Waals surface area contributed by atoms with Gasteiger partial charge < -0.3 is 10.4 Å². The highest BCUT2D eigenvalue weighted by molar-refractivity contribution is 4.87. The van der Waals surface area contributed by atoms with Crippen molar-refractivity contribution in [1.29, 1.82) is 0 Å². The molecule has 0 bridgehead atoms. The standard InChI is InChI=1S/C14H29NO/c1-4-12-7-6-8-13(11-12)14(3,16)9-10-15-5-2/h12-13,15-16H,4-11H2,1-3H3. The molecule has 1 fully saturated rings. The summed E-state index contributed by atoms with van der Waals surface area (Å²) in [6.07, 6.45) is 7.30. The lowest BCUT2D eigenvalue weighted by molar-refractivity contribution is -0.0320. The van der Waals surface area contributed by atoms with Crippen LogP contribution in [0.1, 0.15) is 59.3 Å². The third-order valence-corrected chi connectivity index (χ3v) is 4.30. The second-order valence-corrected chi connectivity index (χ2v) is 5.60. The highest BCUT2D eigenvalue weighted by Crippen LogP contribution is 2.38. The van der Waals surface area contributed by atoms with Crippen molar-refractivity contribution >= 4 is 0 Å². The molecule has 3 atom stereocenters. The normalized spacial score (nSPS) is 30.0. The Hall–Kier alpha value is -0.0800. The van der Waals surface area contributed by atoms with Crippen LogP contribution in [0.5, 0.6) is 0 Å². The SMILES string of the molecule is CCNCCC(C)(O)C1CCCC(CC)C1. The first kappa shape index (κ1) is 14.0. The third kappa shape index (κ3) is 4.06. The van der Waals surface area contributed by atoms with E-state index in [2.05, 4.69) is 19.2 Å². The molecule has 0 saturated heterocycles. The van der Waals surface area contributed by atoms with Gasteiger partial charge >= 0.3 is 0 Å². The van der Waals surface area contributed by atoms with E-state index in [9.17, 15) is 5.11 Å². The van der Waals surface area contributed by atoms with Crippen molar-refractivity contribution in [3.63, 3.8) is 0 Å². The van der Waals surface area contributed by atoms with Crippen LogP contribution in [-0.2, 0) is 0 Å². The van der Waals surface area contributed by atoms with Crippen LogP contribution in [0.4, 0.5) is 0 Å². The molecular formula is C14H29NO. The first-order valence-corrected chi connectivity index (χ1v) is 7.03. The maximum absolute atomic E-state index is 10.5. The topological polar surface area (TPSA) is 32.3 Å². The second kappa shape index (κ2) is 6.61. The van der Waals surface area contributed by atoms with E-state index >= 15 is 0 Å². The number of rotatable bonds is 6. The maximum Gasteiger partial charge on any atom is 0.0660 e. The average molecular weight is 227 g/mol. The molecule has 2 N–H and O–H groups in total. The van der Waals surface area contributed by atoms with Gasteiger partial charge in [0, 0.05) is 0 Å². The van der Waals surface area contributed by atoms with E-state index in [1.807, 2.05) is 6.92 Å². The number of aliphatic hydroxyl groups is 1. The van der Waals surface area contributed by atoms with Crippen molar-refractivity contribution < 1.29 is 5.11 Å². The lowest BCUT2D eigenvalue weighted by atomic mass is 9.71. The van der Waals surface area contributed by atoms with Crippen molar-refractivity contribution in [3.8, 4) is 0 Å². The summed E-state index contributed by atoms with van der Waals surface area (Å²) in [7, 11) is 0. The van der Waals surface area contributed by atoms with E-state index in [0.29, 0.717) is 5.92 Å². The van der Waals surface area contributed by atoms with Gasteiger partial charge in [-0.05, 0) is 51.1 Å². The van der Waals surface area contributed by atoms with Gasteiger partial charge in [-0.25, -0.2) is 0 Å². The largest absolute Gasteiger partial charge is 0.390 e. The third-order valence-electron chi connectivity index (χ3n) is 4.30. The zero-order valence-electron chi connectivity index (χ0n) is 11.3. The van der Waals surface area contributed by atoms with Gasteiger partial charge in [0.1, 0.15) is 0 Å². The van der Waals surface area contributed by atoms with Crippen molar-refractivity contribution in [2.75, 3.05) is 13.1 Å². The summed E-state index contributed by atoms with van der Waals surface area (Å²) in [6.45, 7) is 8.37. The smallest absolute Gasteiger partial charge is 0.0660 e. The maximum atomic E-state index is 10.5. The van der Waals surface area contributed by atoms with Crippen molar-refractivity contribution in [1.82, 2.24) is 5.32 Å². The Balaban J connectivity index is 2.40. The molecule has 0 aliphatic heterocycles. The zero-order valence-corrected chi connectivity index (χ0v) is 11.3. The molecule has 2 nitrogen and oxygen atoms in total. The molecular weight excluding hydrogens is 198 g/mol. The molecule has 16 heavy (non-hydrogen) atoms. The van der Waals surface area contributed by atoms with Gasteiger partial charge in [0.2, 0.25) is 0 Å². The van der Waals surface area contributed by atoms with Gasteiger partial charge in [-0.1, -0.05) is 33.1 Å². The van der Waals surface area contributed by atoms with E-state index in [1.54, 1.807) is 0 Å². The Morgan fingerprint density at radius 1 is 1.31 bits per heavy atom. The Kier molecular flexibility index (Phi) is 5.77. The van der Waals surface area contributed by atoms with Gasteiger partial charge in [0.15, 0.2) is 0 Å². The Bertz CT molecular complexity index is 191. The fourth-order valence-electron chi connectivity index (χ4n) is 2.95. The van der Waals surface area contributed by atoms with Crippen LogP contribution < -0.4 is 5.32 Å². The van der Waals surface area contributed by atoms with Crippen LogP contribution in [0.2, 0.25) is 0 Å². The Labute approximate surface area is 101 Å². The minimum absolute atomic E-state index is 0.462. The molecule has 2 heteroatoms. The highest BCUT2D eigenvalue weighted by Gasteiger charge is 2.34. The predicted octanol–water partition coefficient (Wildman–Crippen LogP) is 2.95. The van der Waals surface area contributed by atoms with E-state index in [4.69, 9.17) is 0 Å². The molecule has 0 aromatic carbocycles. The van der Waals surface area contributed by atoms with Crippen LogP contribution in [0.15, 0.2) is 0 Å². The molecule has 1 saturated carbocycles. The fraction of sp³-hybridized carbons (Fsp3) is 1.00. The Morgan fingerprint density at radius 2 is 2.06 bits per heavy atom. The summed E-state index contributed by atoms with van der Waals surface area (Å²) in [4.78, 5) is 0. The van der Waals surface area contributed by atoms with Crippen LogP contribution >= 0.6 is 0 Å². The first-order valence-electron chi connectivity index (χ1n) is 7.03. The fourth-order valence-corrected chi connectivity index (χ4v) is 2.95. The Morgan fingerprint density at radius 3 is 2.69 bits per heavy atom. The summed E-state index contributed by atoms with van der Waals surface area (Å²) < 4.78 is 0. The monoisotopic (exact) mass is 227 g/mol. The highest BCUT2D eigenvalue weighted by atomic mass is 16.3. The zero-order chi connectivity index (χ0) is 12.0. The van der Waals surface area contributed by atoms with Crippen molar-refractivity contribution in [3.05, 3.63) is 0 Å². The molecule has 1 rings (SSSR count). The summed E-state index contributed by atoms with van der Waals surface area (Å²) in [5, 5.41) is 13.8. The molecule has 3 unspecified atom stereocenters. The van der Waals surface area contributed by atoms with Crippen molar-refractivity contribution in [2.24, 2.45) is 11.8 Å². The van der Waals surface area contributed by atoms with Gasteiger partial charge in [0.25, 0.3) is 0 Å². The molecule has 1 aliphatic carbocycles. The molecule has 0 radical (unpaired) electrons. The number of hydrogen-bond donors (Lipinski definition) is 2. The molecule has 0 aromatic rings. The summed E-state index contributed by atoms with van der Waals surface area (Å²) in [5.41, 5.74) is -0.462. The van der Waals surface area contributed by atoms with E-state index < -0.39 is 5.60 Å². The second-order valence-electron chi connectivity index (χ2n) is 5.60. The van der Waals surface area contributed by atoms with E-state index in [1.165, 1.54) is 32.1 Å². The van der Waals surface area contributed by atoms with Crippen LogP contribution in [0.25, 0.3) is 0 Å². The lowest BCUT2D eigenvalue weighted by Gasteiger charge is -2.38. The van der Waals surface area contributed by atoms with E-state index in [0.717, 1.165) is 25.4 Å². The van der Waals surface area contributed by atoms with Gasteiger partial charge in [-0.3, -0.25) is 0 Å². The lowest BCUT2D eigenvalue weighted by Crippen LogP contribution is -2.40. The minimum Gasteiger partial charge on any atom is -0.390 e. The minimum atomic E-state index is -0.462. The first-order chi connectivity index (χ1) is 7.60. The average Bonchev–Trinajstić information content (AvgIpc) is 2.29. The molecule has 0 heterocycles. The molecule has 96 valence electrons. The van der Waals surface area contributed by atoms with Crippen molar-refractivity contribution in [2.45, 2.75) is 64.9 Å². The van der Waals surface area contributed by atoms with E-state index in [-0.39, 0.29) is 0 Å². The van der Waals surface area contributed by atoms with Gasteiger partial charge in [-0.2, -0.15) is 0 Å². The summed E-state index contributed by atoms with van der Waals surface area (Å²) >= 11 is 0. The summed E-state index contributed by atoms with van der Waals surface area (Å²) in [6, 6.07) is 0.